The third-order valence-electron chi connectivity index (χ3n) is 3.39. The van der Waals surface area contributed by atoms with E-state index in [1.54, 1.807) is 6.07 Å². The smallest absolute Gasteiger partial charge is 0.328 e. The number of carbonyl (C=O) groups is 1. The minimum atomic E-state index is -1.01. The van der Waals surface area contributed by atoms with E-state index in [0.29, 0.717) is 12.2 Å². The van der Waals surface area contributed by atoms with Crippen LogP contribution in [0.1, 0.15) is 16.7 Å². The second-order valence-corrected chi connectivity index (χ2v) is 4.84. The Balaban J connectivity index is 2.33. The number of hydrogen-bond acceptors (Lipinski definition) is 3. The molecule has 22 heavy (non-hydrogen) atoms. The number of aromatic hydroxyl groups is 1. The Hall–Kier alpha value is -2.75. The Bertz CT molecular complexity index is 675. The van der Waals surface area contributed by atoms with Gasteiger partial charge in [-0.1, -0.05) is 36.4 Å². The quantitative estimate of drug-likeness (QED) is 0.803. The molecule has 4 nitrogen and oxygen atoms in total. The van der Waals surface area contributed by atoms with Crippen molar-refractivity contribution >= 4 is 12.0 Å². The van der Waals surface area contributed by atoms with Crippen LogP contribution in [0.2, 0.25) is 0 Å². The first-order valence-electron chi connectivity index (χ1n) is 6.95. The zero-order valence-corrected chi connectivity index (χ0v) is 12.3. The summed E-state index contributed by atoms with van der Waals surface area (Å²) in [5.74, 6) is -0.567. The molecule has 114 valence electrons. The van der Waals surface area contributed by atoms with Crippen molar-refractivity contribution in [1.29, 1.82) is 0 Å². The van der Waals surface area contributed by atoms with E-state index < -0.39 is 5.97 Å². The molecule has 0 aromatic heterocycles. The second-order valence-electron chi connectivity index (χ2n) is 4.84. The van der Waals surface area contributed by atoms with Crippen molar-refractivity contribution in [2.75, 3.05) is 7.11 Å². The molecule has 2 aromatic rings. The first-order chi connectivity index (χ1) is 10.6. The highest BCUT2D eigenvalue weighted by molar-refractivity contribution is 5.86. The highest BCUT2D eigenvalue weighted by Gasteiger charge is 2.12. The molecule has 0 saturated carbocycles. The number of rotatable bonds is 6. The predicted molar refractivity (Wildman–Crippen MR) is 85.2 cm³/mol. The van der Waals surface area contributed by atoms with Crippen molar-refractivity contribution in [3.05, 3.63) is 65.2 Å². The van der Waals surface area contributed by atoms with Crippen LogP contribution >= 0.6 is 0 Å². The Morgan fingerprint density at radius 2 is 1.86 bits per heavy atom. The lowest BCUT2D eigenvalue weighted by molar-refractivity contribution is -0.131. The summed E-state index contributed by atoms with van der Waals surface area (Å²) in [5.41, 5.74) is 2.69. The summed E-state index contributed by atoms with van der Waals surface area (Å²) < 4.78 is 5.28. The third-order valence-corrected chi connectivity index (χ3v) is 3.39. The lowest BCUT2D eigenvalue weighted by Crippen LogP contribution is -1.99. The van der Waals surface area contributed by atoms with Gasteiger partial charge < -0.3 is 14.9 Å². The molecule has 0 heterocycles. The monoisotopic (exact) mass is 298 g/mol. The summed E-state index contributed by atoms with van der Waals surface area (Å²) in [6, 6.07) is 13.2. The molecule has 2 aromatic carbocycles. The lowest BCUT2D eigenvalue weighted by Gasteiger charge is -2.13. The average Bonchev–Trinajstić information content (AvgIpc) is 2.52. The van der Waals surface area contributed by atoms with E-state index in [9.17, 15) is 9.90 Å². The topological polar surface area (TPSA) is 66.8 Å². The van der Waals surface area contributed by atoms with Gasteiger partial charge in [0.25, 0.3) is 0 Å². The third kappa shape index (κ3) is 3.88. The minimum absolute atomic E-state index is 0.0537. The molecule has 0 aliphatic rings. The summed E-state index contributed by atoms with van der Waals surface area (Å²) in [4.78, 5) is 10.7. The number of phenolic OH excluding ortho intramolecular Hbond substituents is 1. The van der Waals surface area contributed by atoms with Crippen LogP contribution in [-0.2, 0) is 17.6 Å². The second kappa shape index (κ2) is 7.31. The van der Waals surface area contributed by atoms with Crippen molar-refractivity contribution in [2.45, 2.75) is 12.8 Å². The molecule has 0 fully saturated rings. The van der Waals surface area contributed by atoms with Crippen LogP contribution < -0.4 is 4.74 Å². The Morgan fingerprint density at radius 3 is 2.50 bits per heavy atom. The molecule has 0 saturated heterocycles. The molecule has 0 aliphatic heterocycles. The normalized spacial score (nSPS) is 10.8. The number of aryl methyl sites for hydroxylation is 1. The first kappa shape index (κ1) is 15.6. The molecule has 0 amide bonds. The van der Waals surface area contributed by atoms with Gasteiger partial charge in [0.1, 0.15) is 0 Å². The van der Waals surface area contributed by atoms with Crippen LogP contribution in [0, 0.1) is 0 Å². The number of methoxy groups -OCH3 is 1. The van der Waals surface area contributed by atoms with Crippen molar-refractivity contribution < 1.29 is 19.7 Å². The largest absolute Gasteiger partial charge is 0.504 e. The molecule has 0 spiro atoms. The molecule has 0 atom stereocenters. The highest BCUT2D eigenvalue weighted by Crippen LogP contribution is 2.34. The van der Waals surface area contributed by atoms with Gasteiger partial charge in [0.2, 0.25) is 0 Å². The van der Waals surface area contributed by atoms with Gasteiger partial charge in [-0.25, -0.2) is 4.79 Å². The number of hydrogen-bond donors (Lipinski definition) is 2. The van der Waals surface area contributed by atoms with E-state index in [-0.39, 0.29) is 5.75 Å². The maximum Gasteiger partial charge on any atom is 0.328 e. The molecular weight excluding hydrogens is 280 g/mol. The number of ether oxygens (including phenoxy) is 1. The van der Waals surface area contributed by atoms with Crippen molar-refractivity contribution in [2.24, 2.45) is 0 Å². The standard InChI is InChI=1S/C18H18O4/c1-22-18-15(10-7-13-5-3-2-4-6-13)14(8-11-16(18)19)9-12-17(20)21/h2-6,8-9,11-12,19H,7,10H2,1H3,(H,20,21). The fraction of sp³-hybridized carbons (Fsp3) is 0.167. The Labute approximate surface area is 129 Å². The number of aliphatic carboxylic acids is 1. The zero-order valence-electron chi connectivity index (χ0n) is 12.3. The first-order valence-corrected chi connectivity index (χ1v) is 6.95. The van der Waals surface area contributed by atoms with E-state index >= 15 is 0 Å². The van der Waals surface area contributed by atoms with Gasteiger partial charge in [0.05, 0.1) is 7.11 Å². The van der Waals surface area contributed by atoms with Crippen LogP contribution in [0.15, 0.2) is 48.5 Å². The van der Waals surface area contributed by atoms with Crippen LogP contribution in [0.5, 0.6) is 11.5 Å². The number of benzene rings is 2. The molecular formula is C18H18O4. The van der Waals surface area contributed by atoms with Crippen molar-refractivity contribution in [3.8, 4) is 11.5 Å². The molecule has 0 bridgehead atoms. The summed E-state index contributed by atoms with van der Waals surface area (Å²) in [5, 5.41) is 18.7. The summed E-state index contributed by atoms with van der Waals surface area (Å²) in [7, 11) is 1.49. The summed E-state index contributed by atoms with van der Waals surface area (Å²) in [6.07, 6.45) is 4.01. The van der Waals surface area contributed by atoms with E-state index in [4.69, 9.17) is 9.84 Å². The van der Waals surface area contributed by atoms with Crippen LogP contribution in [0.25, 0.3) is 6.08 Å². The predicted octanol–water partition coefficient (Wildman–Crippen LogP) is 3.28. The Morgan fingerprint density at radius 1 is 1.14 bits per heavy atom. The fourth-order valence-electron chi connectivity index (χ4n) is 2.35. The van der Waals surface area contributed by atoms with Gasteiger partial charge >= 0.3 is 5.97 Å². The van der Waals surface area contributed by atoms with Gasteiger partial charge in [-0.15, -0.1) is 0 Å². The summed E-state index contributed by atoms with van der Waals surface area (Å²) in [6.45, 7) is 0. The maximum absolute atomic E-state index is 10.7. The van der Waals surface area contributed by atoms with Crippen molar-refractivity contribution in [3.63, 3.8) is 0 Å². The lowest BCUT2D eigenvalue weighted by atomic mass is 9.98. The molecule has 0 radical (unpaired) electrons. The molecule has 2 N–H and O–H groups in total. The average molecular weight is 298 g/mol. The van der Waals surface area contributed by atoms with Gasteiger partial charge in [-0.05, 0) is 36.1 Å². The number of carboxylic acids is 1. The molecule has 0 unspecified atom stereocenters. The maximum atomic E-state index is 10.7. The van der Waals surface area contributed by atoms with Gasteiger partial charge in [-0.2, -0.15) is 0 Å². The SMILES string of the molecule is COc1c(O)ccc(C=CC(=O)O)c1CCc1ccccc1. The fourth-order valence-corrected chi connectivity index (χ4v) is 2.35. The van der Waals surface area contributed by atoms with Gasteiger partial charge in [0.15, 0.2) is 11.5 Å². The van der Waals surface area contributed by atoms with E-state index in [2.05, 4.69) is 0 Å². The number of phenols is 1. The zero-order chi connectivity index (χ0) is 15.9. The van der Waals surface area contributed by atoms with E-state index in [1.807, 2.05) is 30.3 Å². The van der Waals surface area contributed by atoms with E-state index in [1.165, 1.54) is 24.8 Å². The minimum Gasteiger partial charge on any atom is -0.504 e. The van der Waals surface area contributed by atoms with Gasteiger partial charge in [-0.3, -0.25) is 0 Å². The Kier molecular flexibility index (Phi) is 5.20. The van der Waals surface area contributed by atoms with Crippen molar-refractivity contribution in [1.82, 2.24) is 0 Å². The molecule has 2 rings (SSSR count). The van der Waals surface area contributed by atoms with Gasteiger partial charge in [0, 0.05) is 11.6 Å². The summed E-state index contributed by atoms with van der Waals surface area (Å²) >= 11 is 0. The number of carboxylic acid groups (broad SMARTS) is 1. The van der Waals surface area contributed by atoms with Crippen LogP contribution in [0.3, 0.4) is 0 Å². The molecule has 4 heteroatoms. The van der Waals surface area contributed by atoms with E-state index in [0.717, 1.165) is 23.6 Å². The van der Waals surface area contributed by atoms with Crippen LogP contribution in [-0.4, -0.2) is 23.3 Å². The van der Waals surface area contributed by atoms with Crippen LogP contribution in [0.4, 0.5) is 0 Å². The molecule has 0 aliphatic carbocycles. The highest BCUT2D eigenvalue weighted by atomic mass is 16.5.